The Kier molecular flexibility index (Phi) is 12.6. The van der Waals surface area contributed by atoms with Crippen molar-refractivity contribution in [2.75, 3.05) is 45.8 Å². The van der Waals surface area contributed by atoms with Crippen LogP contribution in [0.1, 0.15) is 47.0 Å². The lowest BCUT2D eigenvalue weighted by atomic mass is 10.1. The molecule has 0 heterocycles. The summed E-state index contributed by atoms with van der Waals surface area (Å²) in [6.45, 7) is 15.2. The van der Waals surface area contributed by atoms with Gasteiger partial charge in [0.1, 0.15) is 0 Å². The number of nitrogens with two attached hydrogens (primary N) is 1. The Labute approximate surface area is 131 Å². The molecular formula is C16H36N4O. The second-order valence-electron chi connectivity index (χ2n) is 5.45. The number of carbonyl (C=O) groups is 1. The average Bonchev–Trinajstić information content (AvgIpc) is 2.51. The van der Waals surface area contributed by atoms with E-state index in [0.717, 1.165) is 52.1 Å². The van der Waals surface area contributed by atoms with Crippen LogP contribution in [0.2, 0.25) is 0 Å². The Morgan fingerprint density at radius 1 is 1.10 bits per heavy atom. The molecule has 0 saturated carbocycles. The minimum Gasteiger partial charge on any atom is -0.356 e. The maximum Gasteiger partial charge on any atom is 0.221 e. The Hall–Kier alpha value is -0.650. The van der Waals surface area contributed by atoms with E-state index < -0.39 is 0 Å². The minimum atomic E-state index is 0.120. The van der Waals surface area contributed by atoms with Crippen LogP contribution in [0.15, 0.2) is 0 Å². The molecule has 21 heavy (non-hydrogen) atoms. The molecule has 126 valence electrons. The van der Waals surface area contributed by atoms with Crippen LogP contribution >= 0.6 is 0 Å². The van der Waals surface area contributed by atoms with E-state index in [1.165, 1.54) is 0 Å². The van der Waals surface area contributed by atoms with Gasteiger partial charge in [0.2, 0.25) is 5.91 Å². The monoisotopic (exact) mass is 300 g/mol. The molecule has 5 nitrogen and oxygen atoms in total. The number of rotatable bonds is 13. The zero-order valence-electron chi connectivity index (χ0n) is 14.5. The maximum atomic E-state index is 11.9. The van der Waals surface area contributed by atoms with Gasteiger partial charge < -0.3 is 16.0 Å². The minimum absolute atomic E-state index is 0.120. The second-order valence-corrected chi connectivity index (χ2v) is 5.45. The molecule has 5 heteroatoms. The average molecular weight is 300 g/mol. The highest BCUT2D eigenvalue weighted by atomic mass is 16.1. The highest BCUT2D eigenvalue weighted by Gasteiger charge is 2.18. The molecule has 0 aromatic carbocycles. The van der Waals surface area contributed by atoms with Gasteiger partial charge >= 0.3 is 0 Å². The van der Waals surface area contributed by atoms with Gasteiger partial charge in [-0.05, 0) is 45.6 Å². The summed E-state index contributed by atoms with van der Waals surface area (Å²) in [7, 11) is 0. The summed E-state index contributed by atoms with van der Waals surface area (Å²) in [6.07, 6.45) is 2.61. The van der Waals surface area contributed by atoms with Crippen molar-refractivity contribution in [3.8, 4) is 0 Å². The molecule has 0 radical (unpaired) electrons. The van der Waals surface area contributed by atoms with Crippen molar-refractivity contribution in [1.82, 2.24) is 15.1 Å². The Bertz CT molecular complexity index is 257. The molecule has 0 bridgehead atoms. The third-order valence-corrected chi connectivity index (χ3v) is 4.00. The lowest BCUT2D eigenvalue weighted by molar-refractivity contribution is -0.122. The van der Waals surface area contributed by atoms with Crippen molar-refractivity contribution < 1.29 is 4.79 Å². The maximum absolute atomic E-state index is 11.9. The topological polar surface area (TPSA) is 61.6 Å². The second kappa shape index (κ2) is 13.0. The third-order valence-electron chi connectivity index (χ3n) is 4.00. The summed E-state index contributed by atoms with van der Waals surface area (Å²) in [6, 6.07) is 0.156. The third kappa shape index (κ3) is 9.06. The Morgan fingerprint density at radius 3 is 2.24 bits per heavy atom. The Morgan fingerprint density at radius 2 is 1.76 bits per heavy atom. The van der Waals surface area contributed by atoms with Crippen LogP contribution < -0.4 is 11.1 Å². The van der Waals surface area contributed by atoms with Crippen LogP contribution in [-0.2, 0) is 4.79 Å². The van der Waals surface area contributed by atoms with Gasteiger partial charge in [-0.2, -0.15) is 0 Å². The first kappa shape index (κ1) is 20.3. The van der Waals surface area contributed by atoms with Crippen molar-refractivity contribution in [3.05, 3.63) is 0 Å². The molecule has 0 saturated heterocycles. The molecule has 0 fully saturated rings. The number of hydrogen-bond acceptors (Lipinski definition) is 4. The summed E-state index contributed by atoms with van der Waals surface area (Å²) in [4.78, 5) is 16.6. The molecule has 0 aliphatic heterocycles. The van der Waals surface area contributed by atoms with Gasteiger partial charge in [0.05, 0.1) is 0 Å². The SMILES string of the molecule is CCCNC(=O)CC(CN)N(CC)CCCN(CC)CC. The van der Waals surface area contributed by atoms with E-state index in [2.05, 4.69) is 42.8 Å². The van der Waals surface area contributed by atoms with E-state index in [0.29, 0.717) is 13.0 Å². The standard InChI is InChI=1S/C16H36N4O/c1-5-10-18-16(21)13-15(14-17)20(8-4)12-9-11-19(6-2)7-3/h15H,5-14,17H2,1-4H3,(H,18,21). The van der Waals surface area contributed by atoms with E-state index in [1.807, 2.05) is 0 Å². The van der Waals surface area contributed by atoms with Gasteiger partial charge in [-0.1, -0.05) is 27.7 Å². The van der Waals surface area contributed by atoms with Crippen molar-refractivity contribution in [3.63, 3.8) is 0 Å². The number of carbonyl (C=O) groups excluding carboxylic acids is 1. The van der Waals surface area contributed by atoms with E-state index in [9.17, 15) is 4.79 Å². The zero-order chi connectivity index (χ0) is 16.1. The van der Waals surface area contributed by atoms with Crippen LogP contribution in [0.4, 0.5) is 0 Å². The molecule has 1 unspecified atom stereocenters. The predicted molar refractivity (Wildman–Crippen MR) is 90.4 cm³/mol. The number of nitrogens with one attached hydrogen (secondary N) is 1. The van der Waals surface area contributed by atoms with Crippen molar-refractivity contribution in [2.24, 2.45) is 5.73 Å². The fourth-order valence-electron chi connectivity index (χ4n) is 2.55. The molecule has 0 aliphatic rings. The molecule has 0 rings (SSSR count). The molecule has 0 spiro atoms. The van der Waals surface area contributed by atoms with E-state index in [-0.39, 0.29) is 11.9 Å². The van der Waals surface area contributed by atoms with Crippen LogP contribution in [0.25, 0.3) is 0 Å². The van der Waals surface area contributed by atoms with Crippen molar-refractivity contribution in [2.45, 2.75) is 53.0 Å². The summed E-state index contributed by atoms with van der Waals surface area (Å²) in [5.74, 6) is 0.120. The number of amides is 1. The van der Waals surface area contributed by atoms with Crippen molar-refractivity contribution >= 4 is 5.91 Å². The first-order valence-electron chi connectivity index (χ1n) is 8.55. The normalized spacial score (nSPS) is 12.9. The van der Waals surface area contributed by atoms with Crippen LogP contribution in [0.5, 0.6) is 0 Å². The number of nitrogens with zero attached hydrogens (tertiary/aromatic N) is 2. The first-order valence-corrected chi connectivity index (χ1v) is 8.55. The predicted octanol–water partition coefficient (Wildman–Crippen LogP) is 1.28. The van der Waals surface area contributed by atoms with Gasteiger partial charge in [-0.15, -0.1) is 0 Å². The molecule has 1 amide bonds. The van der Waals surface area contributed by atoms with Crippen LogP contribution in [-0.4, -0.2) is 67.6 Å². The molecular weight excluding hydrogens is 264 g/mol. The fraction of sp³-hybridized carbons (Fsp3) is 0.938. The van der Waals surface area contributed by atoms with E-state index in [1.54, 1.807) is 0 Å². The van der Waals surface area contributed by atoms with Gasteiger partial charge in [-0.25, -0.2) is 0 Å². The van der Waals surface area contributed by atoms with Gasteiger partial charge in [0, 0.05) is 25.6 Å². The van der Waals surface area contributed by atoms with Crippen LogP contribution in [0.3, 0.4) is 0 Å². The fourth-order valence-corrected chi connectivity index (χ4v) is 2.55. The van der Waals surface area contributed by atoms with Gasteiger partial charge in [-0.3, -0.25) is 9.69 Å². The van der Waals surface area contributed by atoms with E-state index in [4.69, 9.17) is 5.73 Å². The highest BCUT2D eigenvalue weighted by molar-refractivity contribution is 5.76. The lowest BCUT2D eigenvalue weighted by Gasteiger charge is -2.30. The number of hydrogen-bond donors (Lipinski definition) is 2. The summed E-state index contributed by atoms with van der Waals surface area (Å²) in [5.41, 5.74) is 5.88. The summed E-state index contributed by atoms with van der Waals surface area (Å²) < 4.78 is 0. The molecule has 1 atom stereocenters. The summed E-state index contributed by atoms with van der Waals surface area (Å²) in [5, 5.41) is 2.94. The largest absolute Gasteiger partial charge is 0.356 e. The lowest BCUT2D eigenvalue weighted by Crippen LogP contribution is -2.45. The Balaban J connectivity index is 4.22. The molecule has 0 aliphatic carbocycles. The molecule has 0 aromatic rings. The number of likely N-dealkylation sites (N-methyl/N-ethyl adjacent to an activating group) is 1. The van der Waals surface area contributed by atoms with Gasteiger partial charge in [0.15, 0.2) is 0 Å². The quantitative estimate of drug-likeness (QED) is 0.538. The van der Waals surface area contributed by atoms with Crippen molar-refractivity contribution in [1.29, 1.82) is 0 Å². The van der Waals surface area contributed by atoms with Gasteiger partial charge in [0.25, 0.3) is 0 Å². The van der Waals surface area contributed by atoms with Crippen LogP contribution in [0, 0.1) is 0 Å². The highest BCUT2D eigenvalue weighted by Crippen LogP contribution is 2.05. The summed E-state index contributed by atoms with van der Waals surface area (Å²) >= 11 is 0. The first-order chi connectivity index (χ1) is 10.1. The van der Waals surface area contributed by atoms with E-state index >= 15 is 0 Å². The molecule has 0 aromatic heterocycles. The molecule has 3 N–H and O–H groups in total. The zero-order valence-corrected chi connectivity index (χ0v) is 14.5. The smallest absolute Gasteiger partial charge is 0.221 e.